The van der Waals surface area contributed by atoms with Crippen molar-refractivity contribution in [3.8, 4) is 0 Å². The molecule has 7 heteroatoms. The van der Waals surface area contributed by atoms with Crippen molar-refractivity contribution in [2.45, 2.75) is 19.9 Å². The fourth-order valence-electron chi connectivity index (χ4n) is 1.55. The van der Waals surface area contributed by atoms with E-state index in [1.807, 2.05) is 13.0 Å². The average molecular weight is 260 g/mol. The van der Waals surface area contributed by atoms with E-state index >= 15 is 0 Å². The number of nitrogens with one attached hydrogen (secondary N) is 2. The van der Waals surface area contributed by atoms with E-state index in [1.54, 1.807) is 6.20 Å². The number of hydrogen-bond acceptors (Lipinski definition) is 4. The molecule has 0 amide bonds. The molecule has 1 aromatic heterocycles. The predicted octanol–water partition coefficient (Wildman–Crippen LogP) is 0.171. The van der Waals surface area contributed by atoms with E-state index in [2.05, 4.69) is 15.5 Å². The standard InChI is InChI=1S/C10H20N4O2S/c1-3-14(17(2,15)16)8-4-6-11-9-10-5-7-12-13-10/h5,7,11H,3-4,6,8-9H2,1-2H3,(H,12,13). The Morgan fingerprint density at radius 2 is 2.29 bits per heavy atom. The second kappa shape index (κ2) is 6.73. The van der Waals surface area contributed by atoms with Crippen LogP contribution in [0.2, 0.25) is 0 Å². The minimum Gasteiger partial charge on any atom is -0.311 e. The molecule has 0 aromatic carbocycles. The third-order valence-electron chi connectivity index (χ3n) is 2.46. The van der Waals surface area contributed by atoms with Crippen LogP contribution in [-0.4, -0.2) is 48.8 Å². The van der Waals surface area contributed by atoms with Gasteiger partial charge in [0, 0.05) is 31.5 Å². The molecule has 0 atom stereocenters. The van der Waals surface area contributed by atoms with Crippen molar-refractivity contribution in [1.29, 1.82) is 0 Å². The Balaban J connectivity index is 2.15. The first-order valence-corrected chi connectivity index (χ1v) is 7.53. The fourth-order valence-corrected chi connectivity index (χ4v) is 2.47. The molecule has 0 aliphatic rings. The molecule has 0 spiro atoms. The summed E-state index contributed by atoms with van der Waals surface area (Å²) in [6, 6.07) is 1.90. The van der Waals surface area contributed by atoms with E-state index < -0.39 is 10.0 Å². The molecule has 0 unspecified atom stereocenters. The molecular weight excluding hydrogens is 240 g/mol. The maximum atomic E-state index is 11.3. The summed E-state index contributed by atoms with van der Waals surface area (Å²) in [4.78, 5) is 0. The molecule has 1 aromatic rings. The summed E-state index contributed by atoms with van der Waals surface area (Å²) in [6.07, 6.45) is 3.75. The van der Waals surface area contributed by atoms with Crippen molar-refractivity contribution in [3.05, 3.63) is 18.0 Å². The molecule has 0 fully saturated rings. The maximum absolute atomic E-state index is 11.3. The Hall–Kier alpha value is -0.920. The Morgan fingerprint density at radius 1 is 1.53 bits per heavy atom. The van der Waals surface area contributed by atoms with Crippen LogP contribution in [0.15, 0.2) is 12.3 Å². The number of rotatable bonds is 8. The summed E-state index contributed by atoms with van der Waals surface area (Å²) >= 11 is 0. The molecule has 6 nitrogen and oxygen atoms in total. The Morgan fingerprint density at radius 3 is 2.82 bits per heavy atom. The van der Waals surface area contributed by atoms with Gasteiger partial charge in [-0.15, -0.1) is 0 Å². The van der Waals surface area contributed by atoms with E-state index in [9.17, 15) is 8.42 Å². The van der Waals surface area contributed by atoms with Gasteiger partial charge in [-0.25, -0.2) is 12.7 Å². The minimum absolute atomic E-state index is 0.527. The van der Waals surface area contributed by atoms with Crippen molar-refractivity contribution in [2.75, 3.05) is 25.9 Å². The van der Waals surface area contributed by atoms with Crippen LogP contribution in [0, 0.1) is 0 Å². The third-order valence-corrected chi connectivity index (χ3v) is 3.84. The summed E-state index contributed by atoms with van der Waals surface area (Å²) in [5.74, 6) is 0. The van der Waals surface area contributed by atoms with Crippen LogP contribution in [0.5, 0.6) is 0 Å². The van der Waals surface area contributed by atoms with E-state index in [-0.39, 0.29) is 0 Å². The third kappa shape index (κ3) is 5.29. The summed E-state index contributed by atoms with van der Waals surface area (Å²) < 4.78 is 24.1. The molecule has 0 saturated carbocycles. The number of aromatic nitrogens is 2. The molecule has 0 aliphatic carbocycles. The van der Waals surface area contributed by atoms with Crippen LogP contribution in [0.3, 0.4) is 0 Å². The van der Waals surface area contributed by atoms with Crippen LogP contribution >= 0.6 is 0 Å². The van der Waals surface area contributed by atoms with Gasteiger partial charge in [0.25, 0.3) is 0 Å². The first-order chi connectivity index (χ1) is 8.04. The highest BCUT2D eigenvalue weighted by atomic mass is 32.2. The molecule has 2 N–H and O–H groups in total. The second-order valence-electron chi connectivity index (χ2n) is 3.87. The molecule has 0 bridgehead atoms. The van der Waals surface area contributed by atoms with Crippen molar-refractivity contribution in [1.82, 2.24) is 19.8 Å². The lowest BCUT2D eigenvalue weighted by Gasteiger charge is -2.17. The fraction of sp³-hybridized carbons (Fsp3) is 0.700. The Kier molecular flexibility index (Phi) is 5.60. The van der Waals surface area contributed by atoms with Gasteiger partial charge in [-0.05, 0) is 19.0 Å². The maximum Gasteiger partial charge on any atom is 0.211 e. The normalized spacial score (nSPS) is 12.2. The number of H-pyrrole nitrogens is 1. The highest BCUT2D eigenvalue weighted by Gasteiger charge is 2.12. The smallest absolute Gasteiger partial charge is 0.211 e. The summed E-state index contributed by atoms with van der Waals surface area (Å²) in [7, 11) is -3.06. The number of nitrogens with zero attached hydrogens (tertiary/aromatic N) is 2. The summed E-state index contributed by atoms with van der Waals surface area (Å²) in [5, 5.41) is 9.92. The Bertz CT molecular complexity index is 402. The molecule has 0 aliphatic heterocycles. The van der Waals surface area contributed by atoms with Crippen LogP contribution < -0.4 is 5.32 Å². The van der Waals surface area contributed by atoms with Crippen LogP contribution in [0.4, 0.5) is 0 Å². The van der Waals surface area contributed by atoms with Gasteiger partial charge in [-0.1, -0.05) is 6.92 Å². The lowest BCUT2D eigenvalue weighted by molar-refractivity contribution is 0.419. The van der Waals surface area contributed by atoms with E-state index in [0.717, 1.165) is 25.2 Å². The van der Waals surface area contributed by atoms with Gasteiger partial charge in [0.2, 0.25) is 10.0 Å². The quantitative estimate of drug-likeness (QED) is 0.653. The predicted molar refractivity (Wildman–Crippen MR) is 67.0 cm³/mol. The first-order valence-electron chi connectivity index (χ1n) is 5.68. The lowest BCUT2D eigenvalue weighted by Crippen LogP contribution is -2.32. The molecule has 0 saturated heterocycles. The van der Waals surface area contributed by atoms with Crippen LogP contribution in [-0.2, 0) is 16.6 Å². The average Bonchev–Trinajstić information content (AvgIpc) is 2.74. The number of sulfonamides is 1. The van der Waals surface area contributed by atoms with Gasteiger partial charge in [0.1, 0.15) is 0 Å². The monoisotopic (exact) mass is 260 g/mol. The molecular formula is C10H20N4O2S. The number of aromatic amines is 1. The van der Waals surface area contributed by atoms with E-state index in [4.69, 9.17) is 0 Å². The zero-order valence-electron chi connectivity index (χ0n) is 10.3. The first kappa shape index (κ1) is 14.1. The second-order valence-corrected chi connectivity index (χ2v) is 5.85. The zero-order chi connectivity index (χ0) is 12.7. The van der Waals surface area contributed by atoms with Gasteiger partial charge in [0.15, 0.2) is 0 Å². The molecule has 98 valence electrons. The lowest BCUT2D eigenvalue weighted by atomic mass is 10.4. The van der Waals surface area contributed by atoms with Crippen molar-refractivity contribution >= 4 is 10.0 Å². The van der Waals surface area contributed by atoms with Crippen LogP contribution in [0.1, 0.15) is 19.0 Å². The molecule has 17 heavy (non-hydrogen) atoms. The van der Waals surface area contributed by atoms with E-state index in [1.165, 1.54) is 10.6 Å². The van der Waals surface area contributed by atoms with Crippen LogP contribution in [0.25, 0.3) is 0 Å². The van der Waals surface area contributed by atoms with Crippen molar-refractivity contribution in [3.63, 3.8) is 0 Å². The highest BCUT2D eigenvalue weighted by Crippen LogP contribution is 1.98. The van der Waals surface area contributed by atoms with Crippen molar-refractivity contribution < 1.29 is 8.42 Å². The highest BCUT2D eigenvalue weighted by molar-refractivity contribution is 7.88. The number of hydrogen-bond donors (Lipinski definition) is 2. The summed E-state index contributed by atoms with van der Waals surface area (Å²) in [6.45, 7) is 4.44. The molecule has 1 rings (SSSR count). The zero-order valence-corrected chi connectivity index (χ0v) is 11.1. The SMILES string of the molecule is CCN(CCCNCc1ccn[nH]1)S(C)(=O)=O. The topological polar surface area (TPSA) is 78.1 Å². The summed E-state index contributed by atoms with van der Waals surface area (Å²) in [5.41, 5.74) is 1.03. The van der Waals surface area contributed by atoms with Gasteiger partial charge in [0.05, 0.1) is 6.26 Å². The van der Waals surface area contributed by atoms with Gasteiger partial charge >= 0.3 is 0 Å². The largest absolute Gasteiger partial charge is 0.311 e. The molecule has 0 radical (unpaired) electrons. The van der Waals surface area contributed by atoms with E-state index in [0.29, 0.717) is 13.1 Å². The molecule has 1 heterocycles. The van der Waals surface area contributed by atoms with Gasteiger partial charge < -0.3 is 5.32 Å². The van der Waals surface area contributed by atoms with Gasteiger partial charge in [-0.2, -0.15) is 5.10 Å². The van der Waals surface area contributed by atoms with Gasteiger partial charge in [-0.3, -0.25) is 5.10 Å². The minimum atomic E-state index is -3.06. The van der Waals surface area contributed by atoms with Crippen molar-refractivity contribution in [2.24, 2.45) is 0 Å². The Labute approximate surface area is 102 Å².